The molecule has 2 aromatic heterocycles. The molecule has 5 rings (SSSR count). The molecule has 1 fully saturated rings. The number of pyridine rings is 2. The number of methoxy groups -OCH3 is 1. The van der Waals surface area contributed by atoms with Crippen LogP contribution in [0.5, 0.6) is 5.88 Å². The van der Waals surface area contributed by atoms with Crippen LogP contribution in [0, 0.1) is 0 Å². The van der Waals surface area contributed by atoms with Crippen LogP contribution in [-0.4, -0.2) is 45.1 Å². The van der Waals surface area contributed by atoms with E-state index in [0.717, 1.165) is 58.8 Å². The maximum atomic E-state index is 13.3. The quantitative estimate of drug-likeness (QED) is 0.722. The minimum absolute atomic E-state index is 0.0117. The largest absolute Gasteiger partial charge is 0.481 e. The first-order valence-corrected chi connectivity index (χ1v) is 10.5. The van der Waals surface area contributed by atoms with Crippen molar-refractivity contribution in [2.75, 3.05) is 7.11 Å². The minimum Gasteiger partial charge on any atom is -0.481 e. The van der Waals surface area contributed by atoms with Crippen LogP contribution in [0.3, 0.4) is 0 Å². The van der Waals surface area contributed by atoms with E-state index in [4.69, 9.17) is 4.74 Å². The summed E-state index contributed by atoms with van der Waals surface area (Å²) < 4.78 is 5.15. The van der Waals surface area contributed by atoms with E-state index in [1.54, 1.807) is 19.5 Å². The van der Waals surface area contributed by atoms with Crippen LogP contribution in [0.2, 0.25) is 0 Å². The van der Waals surface area contributed by atoms with Crippen LogP contribution >= 0.6 is 0 Å². The third-order valence-electron chi connectivity index (χ3n) is 6.40. The number of hydrogen-bond donors (Lipinski definition) is 1. The summed E-state index contributed by atoms with van der Waals surface area (Å²) in [5.74, 6) is 0.591. The number of rotatable bonds is 4. The Balaban J connectivity index is 1.54. The van der Waals surface area contributed by atoms with Crippen molar-refractivity contribution >= 4 is 16.8 Å². The molecule has 0 saturated heterocycles. The fraction of sp³-hybridized carbons (Fsp3) is 0.375. The monoisotopic (exact) mass is 403 g/mol. The van der Waals surface area contributed by atoms with Crippen molar-refractivity contribution in [3.05, 3.63) is 65.0 Å². The number of hydrogen-bond acceptors (Lipinski definition) is 5. The average Bonchev–Trinajstić information content (AvgIpc) is 3.11. The van der Waals surface area contributed by atoms with E-state index in [1.165, 1.54) is 0 Å². The number of amides is 1. The van der Waals surface area contributed by atoms with Gasteiger partial charge >= 0.3 is 0 Å². The summed E-state index contributed by atoms with van der Waals surface area (Å²) in [7, 11) is 1.60. The Morgan fingerprint density at radius 3 is 2.83 bits per heavy atom. The zero-order valence-corrected chi connectivity index (χ0v) is 17.0. The number of nitrogens with zero attached hydrogens (tertiary/aromatic N) is 3. The molecule has 3 heterocycles. The van der Waals surface area contributed by atoms with Crippen LogP contribution in [0.4, 0.5) is 0 Å². The molecular formula is C24H25N3O3. The van der Waals surface area contributed by atoms with Crippen molar-refractivity contribution in [1.29, 1.82) is 0 Å². The van der Waals surface area contributed by atoms with Crippen molar-refractivity contribution in [2.24, 2.45) is 0 Å². The minimum atomic E-state index is -0.443. The molecule has 2 aliphatic rings. The molecule has 6 nitrogen and oxygen atoms in total. The molecule has 0 spiro atoms. The summed E-state index contributed by atoms with van der Waals surface area (Å²) in [6.45, 7) is 0.522. The number of fused-ring (bicyclic) bond motifs is 3. The van der Waals surface area contributed by atoms with Gasteiger partial charge < -0.3 is 14.7 Å². The molecule has 1 amide bonds. The Kier molecular flexibility index (Phi) is 4.87. The Bertz CT molecular complexity index is 1100. The molecule has 1 aliphatic carbocycles. The second kappa shape index (κ2) is 7.69. The van der Waals surface area contributed by atoms with Gasteiger partial charge in [0.1, 0.15) is 0 Å². The van der Waals surface area contributed by atoms with E-state index in [-0.39, 0.29) is 11.9 Å². The maximum Gasteiger partial charge on any atom is 0.254 e. The molecule has 30 heavy (non-hydrogen) atoms. The zero-order chi connectivity index (χ0) is 20.7. The molecule has 154 valence electrons. The number of ether oxygens (including phenoxy) is 1. The third-order valence-corrected chi connectivity index (χ3v) is 6.40. The van der Waals surface area contributed by atoms with Crippen LogP contribution in [0.25, 0.3) is 10.9 Å². The van der Waals surface area contributed by atoms with Crippen LogP contribution in [0.1, 0.15) is 52.7 Å². The highest BCUT2D eigenvalue weighted by Crippen LogP contribution is 2.36. The summed E-state index contributed by atoms with van der Waals surface area (Å²) in [5, 5.41) is 11.6. The topological polar surface area (TPSA) is 75.6 Å². The molecule has 0 bridgehead atoms. The van der Waals surface area contributed by atoms with Crippen LogP contribution in [-0.2, 0) is 13.0 Å². The van der Waals surface area contributed by atoms with Gasteiger partial charge in [0.25, 0.3) is 5.91 Å². The van der Waals surface area contributed by atoms with E-state index < -0.39 is 6.10 Å². The van der Waals surface area contributed by atoms with Gasteiger partial charge in [-0.3, -0.25) is 9.78 Å². The summed E-state index contributed by atoms with van der Waals surface area (Å²) >= 11 is 0. The lowest BCUT2D eigenvalue weighted by Gasteiger charge is -2.35. The second-order valence-electron chi connectivity index (χ2n) is 8.20. The predicted octanol–water partition coefficient (Wildman–Crippen LogP) is 3.49. The highest BCUT2D eigenvalue weighted by Gasteiger charge is 2.38. The SMILES string of the molecule is COc1ccc(Cc2cc3c(c4ncccc24)CN(C2CCCCC2O)C3=O)cn1. The average molecular weight is 403 g/mol. The third kappa shape index (κ3) is 3.21. The number of carbonyl (C=O) groups is 1. The molecule has 1 N–H and O–H groups in total. The molecule has 0 radical (unpaired) electrons. The normalized spacial score (nSPS) is 21.1. The van der Waals surface area contributed by atoms with Gasteiger partial charge in [-0.15, -0.1) is 0 Å². The number of aliphatic hydroxyl groups is 1. The lowest BCUT2D eigenvalue weighted by molar-refractivity contribution is 0.0192. The van der Waals surface area contributed by atoms with Crippen LogP contribution < -0.4 is 4.74 Å². The van der Waals surface area contributed by atoms with Crippen molar-refractivity contribution in [2.45, 2.75) is 50.8 Å². The van der Waals surface area contributed by atoms with Gasteiger partial charge in [0, 0.05) is 41.5 Å². The molecule has 2 unspecified atom stereocenters. The van der Waals surface area contributed by atoms with Gasteiger partial charge in [0.2, 0.25) is 5.88 Å². The van der Waals surface area contributed by atoms with Gasteiger partial charge in [-0.2, -0.15) is 0 Å². The van der Waals surface area contributed by atoms with Crippen molar-refractivity contribution in [3.8, 4) is 5.88 Å². The Labute approximate surface area is 175 Å². The van der Waals surface area contributed by atoms with Gasteiger partial charge in [0.05, 0.1) is 24.8 Å². The van der Waals surface area contributed by atoms with Crippen molar-refractivity contribution < 1.29 is 14.6 Å². The van der Waals surface area contributed by atoms with E-state index in [0.29, 0.717) is 18.8 Å². The number of benzene rings is 1. The second-order valence-corrected chi connectivity index (χ2v) is 8.20. The predicted molar refractivity (Wildman–Crippen MR) is 113 cm³/mol. The van der Waals surface area contributed by atoms with E-state index >= 15 is 0 Å². The fourth-order valence-corrected chi connectivity index (χ4v) is 4.84. The molecule has 1 aliphatic heterocycles. The molecular weight excluding hydrogens is 378 g/mol. The highest BCUT2D eigenvalue weighted by atomic mass is 16.5. The van der Waals surface area contributed by atoms with E-state index in [9.17, 15) is 9.90 Å². The molecule has 1 saturated carbocycles. The zero-order valence-electron chi connectivity index (χ0n) is 17.0. The van der Waals surface area contributed by atoms with Gasteiger partial charge in [-0.1, -0.05) is 25.0 Å². The maximum absolute atomic E-state index is 13.3. The Morgan fingerprint density at radius 2 is 2.07 bits per heavy atom. The van der Waals surface area contributed by atoms with Gasteiger partial charge in [0.15, 0.2) is 0 Å². The fourth-order valence-electron chi connectivity index (χ4n) is 4.84. The first kappa shape index (κ1) is 19.0. The van der Waals surface area contributed by atoms with E-state index in [1.807, 2.05) is 29.2 Å². The first-order valence-electron chi connectivity index (χ1n) is 10.5. The van der Waals surface area contributed by atoms with Gasteiger partial charge in [-0.05, 0) is 42.5 Å². The highest BCUT2D eigenvalue weighted by molar-refractivity contribution is 6.04. The Hall–Kier alpha value is -2.99. The smallest absolute Gasteiger partial charge is 0.254 e. The van der Waals surface area contributed by atoms with E-state index in [2.05, 4.69) is 16.0 Å². The molecule has 1 aromatic carbocycles. The number of aliphatic hydroxyl groups excluding tert-OH is 1. The Morgan fingerprint density at radius 1 is 1.20 bits per heavy atom. The van der Waals surface area contributed by atoms with Crippen molar-refractivity contribution in [3.63, 3.8) is 0 Å². The summed E-state index contributed by atoms with van der Waals surface area (Å²) in [6.07, 6.45) is 7.50. The molecule has 6 heteroatoms. The van der Waals surface area contributed by atoms with Crippen LogP contribution in [0.15, 0.2) is 42.7 Å². The van der Waals surface area contributed by atoms with Gasteiger partial charge in [-0.25, -0.2) is 4.98 Å². The summed E-state index contributed by atoms with van der Waals surface area (Å²) in [6, 6.07) is 9.75. The molecule has 3 aromatic rings. The standard InChI is InChI=1S/C24H25N3O3/c1-30-22-9-8-15(13-26-22)11-16-12-18-19(23-17(16)5-4-10-25-23)14-27(24(18)29)20-6-2-3-7-21(20)28/h4-5,8-10,12-13,20-21,28H,2-3,6-7,11,14H2,1H3. The summed E-state index contributed by atoms with van der Waals surface area (Å²) in [5.41, 5.74) is 4.68. The number of aromatic nitrogens is 2. The lowest BCUT2D eigenvalue weighted by atomic mass is 9.91. The number of carbonyl (C=O) groups excluding carboxylic acids is 1. The molecule has 2 atom stereocenters. The first-order chi connectivity index (χ1) is 14.7. The van der Waals surface area contributed by atoms with Crippen molar-refractivity contribution in [1.82, 2.24) is 14.9 Å². The summed E-state index contributed by atoms with van der Waals surface area (Å²) in [4.78, 5) is 24.1. The lowest BCUT2D eigenvalue weighted by Crippen LogP contribution is -2.45.